The summed E-state index contributed by atoms with van der Waals surface area (Å²) in [7, 11) is 1.62. The topological polar surface area (TPSA) is 58.6 Å². The number of hydrogen-bond donors (Lipinski definition) is 1. The van der Waals surface area contributed by atoms with E-state index in [1.807, 2.05) is 36.1 Å². The number of ether oxygens (including phenoxy) is 1. The molecule has 5 heteroatoms. The van der Waals surface area contributed by atoms with Gasteiger partial charge in [-0.1, -0.05) is 19.1 Å². The zero-order valence-electron chi connectivity index (χ0n) is 14.0. The number of nitrogens with zero attached hydrogens (tertiary/aromatic N) is 1. The molecule has 0 unspecified atom stereocenters. The fourth-order valence-corrected chi connectivity index (χ4v) is 2.89. The van der Waals surface area contributed by atoms with E-state index in [1.165, 1.54) is 0 Å². The first-order valence-corrected chi connectivity index (χ1v) is 8.32. The molecular weight excluding hydrogens is 292 g/mol. The Morgan fingerprint density at radius 2 is 2.04 bits per heavy atom. The van der Waals surface area contributed by atoms with E-state index >= 15 is 0 Å². The van der Waals surface area contributed by atoms with Crippen molar-refractivity contribution < 1.29 is 14.3 Å². The quantitative estimate of drug-likeness (QED) is 0.874. The van der Waals surface area contributed by atoms with Crippen LogP contribution in [0.25, 0.3) is 0 Å². The van der Waals surface area contributed by atoms with Crippen molar-refractivity contribution in [3.63, 3.8) is 0 Å². The van der Waals surface area contributed by atoms with E-state index in [-0.39, 0.29) is 17.9 Å². The number of nitrogens with one attached hydrogen (secondary N) is 1. The molecule has 1 aromatic rings. The van der Waals surface area contributed by atoms with E-state index in [4.69, 9.17) is 4.74 Å². The average molecular weight is 318 g/mol. The largest absolute Gasteiger partial charge is 0.497 e. The molecule has 0 aromatic heterocycles. The maximum atomic E-state index is 12.2. The van der Waals surface area contributed by atoms with Gasteiger partial charge in [-0.2, -0.15) is 0 Å². The molecule has 1 aliphatic rings. The highest BCUT2D eigenvalue weighted by Crippen LogP contribution is 2.15. The van der Waals surface area contributed by atoms with Gasteiger partial charge in [-0.05, 0) is 37.0 Å². The van der Waals surface area contributed by atoms with Crippen LogP contribution < -0.4 is 10.1 Å². The molecule has 0 radical (unpaired) electrons. The summed E-state index contributed by atoms with van der Waals surface area (Å²) in [6.07, 6.45) is 3.52. The van der Waals surface area contributed by atoms with Crippen LogP contribution in [0.1, 0.15) is 38.2 Å². The molecule has 0 atom stereocenters. The van der Waals surface area contributed by atoms with Gasteiger partial charge in [-0.15, -0.1) is 0 Å². The lowest BCUT2D eigenvalue weighted by atomic mass is 10.0. The predicted octanol–water partition coefficient (Wildman–Crippen LogP) is 2.14. The molecule has 1 aromatic carbocycles. The number of amides is 2. The molecule has 5 nitrogen and oxygen atoms in total. The minimum atomic E-state index is 0.0246. The van der Waals surface area contributed by atoms with Gasteiger partial charge in [0.25, 0.3) is 0 Å². The van der Waals surface area contributed by atoms with E-state index < -0.39 is 0 Å². The Morgan fingerprint density at radius 3 is 2.70 bits per heavy atom. The number of methoxy groups -OCH3 is 1. The summed E-state index contributed by atoms with van der Waals surface area (Å²) in [4.78, 5) is 25.9. The molecule has 126 valence electrons. The monoisotopic (exact) mass is 318 g/mol. The van der Waals surface area contributed by atoms with Gasteiger partial charge in [-0.25, -0.2) is 0 Å². The van der Waals surface area contributed by atoms with Crippen LogP contribution in [0.15, 0.2) is 24.3 Å². The normalized spacial score (nSPS) is 15.3. The van der Waals surface area contributed by atoms with Gasteiger partial charge in [0.1, 0.15) is 5.75 Å². The van der Waals surface area contributed by atoms with Crippen molar-refractivity contribution in [1.82, 2.24) is 10.2 Å². The zero-order valence-corrected chi connectivity index (χ0v) is 14.0. The molecule has 1 saturated heterocycles. The van der Waals surface area contributed by atoms with Gasteiger partial charge in [0.15, 0.2) is 0 Å². The number of rotatable bonds is 6. The van der Waals surface area contributed by atoms with Crippen LogP contribution in [0.5, 0.6) is 5.75 Å². The third-order valence-electron chi connectivity index (χ3n) is 4.18. The number of carbonyl (C=O) groups is 2. The Kier molecular flexibility index (Phi) is 6.44. The van der Waals surface area contributed by atoms with Crippen molar-refractivity contribution in [3.05, 3.63) is 29.8 Å². The van der Waals surface area contributed by atoms with Crippen LogP contribution in [0.2, 0.25) is 0 Å². The summed E-state index contributed by atoms with van der Waals surface area (Å²) in [6.45, 7) is 3.50. The lowest BCUT2D eigenvalue weighted by Crippen LogP contribution is -2.46. The van der Waals surface area contributed by atoms with E-state index in [0.717, 1.165) is 43.7 Å². The standard InChI is InChI=1S/C18H26N2O3/c1-3-5-18(22)20-10-8-15(9-11-20)19-17(21)13-14-6-4-7-16(12-14)23-2/h4,6-7,12,15H,3,5,8-11,13H2,1-2H3,(H,19,21). The molecule has 0 aliphatic carbocycles. The van der Waals surface area contributed by atoms with Gasteiger partial charge in [-0.3, -0.25) is 9.59 Å². The van der Waals surface area contributed by atoms with Crippen LogP contribution in [0, 0.1) is 0 Å². The SMILES string of the molecule is CCCC(=O)N1CCC(NC(=O)Cc2cccc(OC)c2)CC1. The van der Waals surface area contributed by atoms with E-state index in [1.54, 1.807) is 7.11 Å². The average Bonchev–Trinajstić information content (AvgIpc) is 2.55. The van der Waals surface area contributed by atoms with Crippen LogP contribution in [-0.4, -0.2) is 43.0 Å². The second-order valence-electron chi connectivity index (χ2n) is 6.00. The highest BCUT2D eigenvalue weighted by molar-refractivity contribution is 5.79. The van der Waals surface area contributed by atoms with Crippen LogP contribution >= 0.6 is 0 Å². The summed E-state index contributed by atoms with van der Waals surface area (Å²) in [6, 6.07) is 7.72. The number of benzene rings is 1. The summed E-state index contributed by atoms with van der Waals surface area (Å²) in [5.74, 6) is 1.02. The second kappa shape index (κ2) is 8.56. The van der Waals surface area contributed by atoms with Gasteiger partial charge < -0.3 is 15.0 Å². The van der Waals surface area contributed by atoms with Crippen LogP contribution in [0.4, 0.5) is 0 Å². The van der Waals surface area contributed by atoms with Crippen molar-refractivity contribution in [2.45, 2.75) is 45.1 Å². The van der Waals surface area contributed by atoms with Crippen molar-refractivity contribution in [2.75, 3.05) is 20.2 Å². The van der Waals surface area contributed by atoms with Crippen molar-refractivity contribution in [3.8, 4) is 5.75 Å². The third kappa shape index (κ3) is 5.27. The van der Waals surface area contributed by atoms with Crippen molar-refractivity contribution in [2.24, 2.45) is 0 Å². The van der Waals surface area contributed by atoms with Gasteiger partial charge in [0.2, 0.25) is 11.8 Å². The molecule has 1 N–H and O–H groups in total. The van der Waals surface area contributed by atoms with Crippen LogP contribution in [-0.2, 0) is 16.0 Å². The molecule has 2 rings (SSSR count). The fraction of sp³-hybridized carbons (Fsp3) is 0.556. The van der Waals surface area contributed by atoms with Gasteiger partial charge in [0, 0.05) is 25.6 Å². The Morgan fingerprint density at radius 1 is 1.30 bits per heavy atom. The minimum absolute atomic E-state index is 0.0246. The van der Waals surface area contributed by atoms with E-state index in [0.29, 0.717) is 12.8 Å². The molecule has 1 fully saturated rings. The summed E-state index contributed by atoms with van der Waals surface area (Å²) >= 11 is 0. The molecule has 0 spiro atoms. The zero-order chi connectivity index (χ0) is 16.7. The maximum Gasteiger partial charge on any atom is 0.224 e. The van der Waals surface area contributed by atoms with Gasteiger partial charge >= 0.3 is 0 Å². The first-order valence-electron chi connectivity index (χ1n) is 8.32. The number of carbonyl (C=O) groups excluding carboxylic acids is 2. The smallest absolute Gasteiger partial charge is 0.224 e. The Balaban J connectivity index is 1.77. The maximum absolute atomic E-state index is 12.2. The molecule has 1 heterocycles. The highest BCUT2D eigenvalue weighted by Gasteiger charge is 2.23. The Hall–Kier alpha value is -2.04. The molecule has 23 heavy (non-hydrogen) atoms. The number of likely N-dealkylation sites (tertiary alicyclic amines) is 1. The summed E-state index contributed by atoms with van der Waals surface area (Å²) < 4.78 is 5.17. The minimum Gasteiger partial charge on any atom is -0.497 e. The number of hydrogen-bond acceptors (Lipinski definition) is 3. The second-order valence-corrected chi connectivity index (χ2v) is 6.00. The lowest BCUT2D eigenvalue weighted by molar-refractivity contribution is -0.132. The van der Waals surface area contributed by atoms with Crippen molar-refractivity contribution >= 4 is 11.8 Å². The molecular formula is C18H26N2O3. The van der Waals surface area contributed by atoms with E-state index in [9.17, 15) is 9.59 Å². The van der Waals surface area contributed by atoms with Crippen LogP contribution in [0.3, 0.4) is 0 Å². The molecule has 2 amide bonds. The summed E-state index contributed by atoms with van der Waals surface area (Å²) in [5, 5.41) is 3.08. The number of piperidine rings is 1. The van der Waals surface area contributed by atoms with Crippen molar-refractivity contribution in [1.29, 1.82) is 0 Å². The Bertz CT molecular complexity index is 537. The third-order valence-corrected chi connectivity index (χ3v) is 4.18. The first kappa shape index (κ1) is 17.3. The Labute approximate surface area is 138 Å². The first-order chi connectivity index (χ1) is 11.1. The lowest BCUT2D eigenvalue weighted by Gasteiger charge is -2.32. The fourth-order valence-electron chi connectivity index (χ4n) is 2.89. The molecule has 1 aliphatic heterocycles. The van der Waals surface area contributed by atoms with E-state index in [2.05, 4.69) is 5.32 Å². The summed E-state index contributed by atoms with van der Waals surface area (Å²) in [5.41, 5.74) is 0.942. The molecule has 0 saturated carbocycles. The highest BCUT2D eigenvalue weighted by atomic mass is 16.5. The molecule has 0 bridgehead atoms. The van der Waals surface area contributed by atoms with Gasteiger partial charge in [0.05, 0.1) is 13.5 Å². The predicted molar refractivity (Wildman–Crippen MR) is 89.4 cm³/mol.